The topological polar surface area (TPSA) is 85.7 Å². The first kappa shape index (κ1) is 17.1. The molecule has 0 saturated carbocycles. The average molecular weight is 364 g/mol. The van der Waals surface area contributed by atoms with Crippen LogP contribution >= 0.6 is 11.6 Å². The Morgan fingerprint density at radius 1 is 1.40 bits per heavy atom. The van der Waals surface area contributed by atoms with Gasteiger partial charge in [0.2, 0.25) is 0 Å². The van der Waals surface area contributed by atoms with Crippen LogP contribution in [-0.2, 0) is 22.5 Å². The van der Waals surface area contributed by atoms with E-state index in [9.17, 15) is 9.18 Å². The van der Waals surface area contributed by atoms with Gasteiger partial charge in [-0.1, -0.05) is 11.6 Å². The number of nitrogens with one attached hydrogen (secondary N) is 1. The second-order valence-corrected chi connectivity index (χ2v) is 5.63. The van der Waals surface area contributed by atoms with Gasteiger partial charge in [-0.3, -0.25) is 9.89 Å². The summed E-state index contributed by atoms with van der Waals surface area (Å²) < 4.78 is 20.7. The van der Waals surface area contributed by atoms with E-state index in [4.69, 9.17) is 16.3 Å². The molecule has 0 aromatic carbocycles. The first-order valence-corrected chi connectivity index (χ1v) is 7.91. The number of hydrogen-bond donors (Lipinski definition) is 1. The predicted molar refractivity (Wildman–Crippen MR) is 88.5 cm³/mol. The van der Waals surface area contributed by atoms with Crippen molar-refractivity contribution in [2.24, 2.45) is 0 Å². The highest BCUT2D eigenvalue weighted by Crippen LogP contribution is 2.22. The number of hydrogen-bond acceptors (Lipinski definition) is 5. The second kappa shape index (κ2) is 7.43. The number of aromatic nitrogens is 5. The third-order valence-electron chi connectivity index (χ3n) is 3.57. The summed E-state index contributed by atoms with van der Waals surface area (Å²) in [5.74, 6) is -0.411. The molecular weight excluding hydrogens is 349 g/mol. The smallest absolute Gasteiger partial charge is 0.302 e. The maximum Gasteiger partial charge on any atom is 0.302 e. The number of H-pyrrole nitrogens is 1. The molecule has 0 fully saturated rings. The summed E-state index contributed by atoms with van der Waals surface area (Å²) in [6, 6.07) is 2.85. The number of rotatable bonds is 6. The molecule has 0 atom stereocenters. The molecule has 0 radical (unpaired) electrons. The molecular formula is C16H15ClFN5O2. The third-order valence-corrected chi connectivity index (χ3v) is 3.89. The normalized spacial score (nSPS) is 10.8. The van der Waals surface area contributed by atoms with Crippen LogP contribution in [0.1, 0.15) is 18.2 Å². The molecule has 0 bridgehead atoms. The Bertz CT molecular complexity index is 892. The van der Waals surface area contributed by atoms with Crippen LogP contribution < -0.4 is 0 Å². The lowest BCUT2D eigenvalue weighted by Crippen LogP contribution is -2.08. The molecule has 7 nitrogen and oxygen atoms in total. The molecule has 130 valence electrons. The number of imidazole rings is 1. The summed E-state index contributed by atoms with van der Waals surface area (Å²) in [6.45, 7) is 1.89. The molecule has 0 aliphatic heterocycles. The molecule has 0 unspecified atom stereocenters. The summed E-state index contributed by atoms with van der Waals surface area (Å²) in [5.41, 5.74) is 1.64. The summed E-state index contributed by atoms with van der Waals surface area (Å²) >= 11 is 6.10. The maximum atomic E-state index is 14.0. The van der Waals surface area contributed by atoms with E-state index >= 15 is 0 Å². The Morgan fingerprint density at radius 3 is 3.00 bits per heavy atom. The highest BCUT2D eigenvalue weighted by atomic mass is 35.5. The average Bonchev–Trinajstić information content (AvgIpc) is 3.16. The van der Waals surface area contributed by atoms with Crippen LogP contribution in [0.2, 0.25) is 5.15 Å². The van der Waals surface area contributed by atoms with E-state index < -0.39 is 5.82 Å². The first-order chi connectivity index (χ1) is 12.1. The van der Waals surface area contributed by atoms with Crippen molar-refractivity contribution in [3.63, 3.8) is 0 Å². The number of esters is 1. The molecule has 3 rings (SSSR count). The molecule has 9 heteroatoms. The Morgan fingerprint density at radius 2 is 2.24 bits per heavy atom. The molecule has 3 aromatic rings. The second-order valence-electron chi connectivity index (χ2n) is 5.27. The number of ether oxygens (including phenoxy) is 1. The molecule has 3 aromatic heterocycles. The lowest BCUT2D eigenvalue weighted by molar-refractivity contribution is -0.140. The van der Waals surface area contributed by atoms with E-state index in [0.717, 1.165) is 11.3 Å². The largest absolute Gasteiger partial charge is 0.466 e. The first-order valence-electron chi connectivity index (χ1n) is 7.53. The molecule has 0 aliphatic carbocycles. The molecule has 0 amide bonds. The van der Waals surface area contributed by atoms with E-state index in [1.54, 1.807) is 17.0 Å². The Labute approximate surface area is 147 Å². The van der Waals surface area contributed by atoms with Gasteiger partial charge in [0, 0.05) is 37.5 Å². The van der Waals surface area contributed by atoms with Crippen molar-refractivity contribution >= 4 is 17.6 Å². The van der Waals surface area contributed by atoms with E-state index in [2.05, 4.69) is 20.2 Å². The summed E-state index contributed by atoms with van der Waals surface area (Å²) in [4.78, 5) is 19.1. The minimum Gasteiger partial charge on any atom is -0.466 e. The van der Waals surface area contributed by atoms with Crippen LogP contribution in [0.25, 0.3) is 11.5 Å². The maximum absolute atomic E-state index is 14.0. The standard InChI is InChI=1S/C16H15ClFN5O2/c1-10(24)25-8-4-11-13(21-22-15(11)17)9-23-7-6-20-16(23)14-12(18)3-2-5-19-14/h2-3,5-7H,4,8-9H2,1H3,(H,21,22). The van der Waals surface area contributed by atoms with Crippen LogP contribution in [0, 0.1) is 5.82 Å². The molecule has 0 saturated heterocycles. The molecule has 0 spiro atoms. The van der Waals surface area contributed by atoms with Gasteiger partial charge in [0.05, 0.1) is 18.8 Å². The number of nitrogens with zero attached hydrogens (tertiary/aromatic N) is 4. The number of pyridine rings is 1. The number of carbonyl (C=O) groups is 1. The summed E-state index contributed by atoms with van der Waals surface area (Å²) in [7, 11) is 0. The molecule has 1 N–H and O–H groups in total. The Balaban J connectivity index is 1.84. The van der Waals surface area contributed by atoms with Gasteiger partial charge < -0.3 is 9.30 Å². The van der Waals surface area contributed by atoms with Gasteiger partial charge in [0.25, 0.3) is 0 Å². The van der Waals surface area contributed by atoms with E-state index in [1.807, 2.05) is 0 Å². The number of aromatic amines is 1. The predicted octanol–water partition coefficient (Wildman–Crippen LogP) is 2.61. The van der Waals surface area contributed by atoms with Crippen molar-refractivity contribution in [1.29, 1.82) is 0 Å². The zero-order valence-electron chi connectivity index (χ0n) is 13.4. The van der Waals surface area contributed by atoms with Gasteiger partial charge in [0.15, 0.2) is 16.8 Å². The van der Waals surface area contributed by atoms with Crippen LogP contribution in [-0.4, -0.2) is 37.3 Å². The molecule has 3 heterocycles. The third kappa shape index (κ3) is 3.85. The Kier molecular flexibility index (Phi) is 5.08. The van der Waals surface area contributed by atoms with E-state index in [0.29, 0.717) is 23.9 Å². The van der Waals surface area contributed by atoms with E-state index in [-0.39, 0.29) is 18.3 Å². The van der Waals surface area contributed by atoms with Gasteiger partial charge in [0.1, 0.15) is 5.69 Å². The van der Waals surface area contributed by atoms with E-state index in [1.165, 1.54) is 25.3 Å². The van der Waals surface area contributed by atoms with Crippen molar-refractivity contribution < 1.29 is 13.9 Å². The quantitative estimate of drug-likeness (QED) is 0.680. The number of halogens is 2. The van der Waals surface area contributed by atoms with Crippen molar-refractivity contribution in [2.45, 2.75) is 19.9 Å². The van der Waals surface area contributed by atoms with Crippen molar-refractivity contribution in [2.75, 3.05) is 6.61 Å². The van der Waals surface area contributed by atoms with Crippen LogP contribution in [0.4, 0.5) is 4.39 Å². The Hall–Kier alpha value is -2.74. The molecule has 0 aliphatic rings. The number of carbonyl (C=O) groups excluding carboxylic acids is 1. The van der Waals surface area contributed by atoms with Gasteiger partial charge in [-0.2, -0.15) is 5.10 Å². The highest BCUT2D eigenvalue weighted by molar-refractivity contribution is 6.30. The SMILES string of the molecule is CC(=O)OCCc1c(Cl)n[nH]c1Cn1ccnc1-c1ncccc1F. The lowest BCUT2D eigenvalue weighted by atomic mass is 10.2. The van der Waals surface area contributed by atoms with Crippen LogP contribution in [0.15, 0.2) is 30.7 Å². The van der Waals surface area contributed by atoms with Crippen molar-refractivity contribution in [3.05, 3.63) is 53.0 Å². The fraction of sp³-hybridized carbons (Fsp3) is 0.250. The van der Waals surface area contributed by atoms with Crippen molar-refractivity contribution in [1.82, 2.24) is 24.7 Å². The minimum atomic E-state index is -0.451. The van der Waals surface area contributed by atoms with Gasteiger partial charge in [-0.15, -0.1) is 0 Å². The summed E-state index contributed by atoms with van der Waals surface area (Å²) in [6.07, 6.45) is 5.22. The van der Waals surface area contributed by atoms with Crippen LogP contribution in [0.3, 0.4) is 0 Å². The minimum absolute atomic E-state index is 0.166. The van der Waals surface area contributed by atoms with Crippen molar-refractivity contribution in [3.8, 4) is 11.5 Å². The zero-order chi connectivity index (χ0) is 17.8. The van der Waals surface area contributed by atoms with Gasteiger partial charge >= 0.3 is 5.97 Å². The fourth-order valence-corrected chi connectivity index (χ4v) is 2.68. The monoisotopic (exact) mass is 363 g/mol. The molecule has 25 heavy (non-hydrogen) atoms. The zero-order valence-corrected chi connectivity index (χ0v) is 14.1. The fourth-order valence-electron chi connectivity index (χ4n) is 2.43. The summed E-state index contributed by atoms with van der Waals surface area (Å²) in [5, 5.41) is 7.16. The highest BCUT2D eigenvalue weighted by Gasteiger charge is 2.16. The van der Waals surface area contributed by atoms with Gasteiger partial charge in [-0.25, -0.2) is 14.4 Å². The van der Waals surface area contributed by atoms with Gasteiger partial charge in [-0.05, 0) is 12.1 Å². The van der Waals surface area contributed by atoms with Crippen LogP contribution in [0.5, 0.6) is 0 Å². The lowest BCUT2D eigenvalue weighted by Gasteiger charge is -2.09.